The molecule has 0 amide bonds. The molecule has 184 valence electrons. The van der Waals surface area contributed by atoms with Gasteiger partial charge in [-0.15, -0.1) is 0 Å². The van der Waals surface area contributed by atoms with Gasteiger partial charge in [0.15, 0.2) is 17.3 Å². The Hall–Kier alpha value is -3.78. The summed E-state index contributed by atoms with van der Waals surface area (Å²) in [6.45, 7) is 5.68. The van der Waals surface area contributed by atoms with E-state index in [-0.39, 0.29) is 10.8 Å². The maximum atomic E-state index is 14.1. The van der Waals surface area contributed by atoms with E-state index < -0.39 is 11.6 Å². The van der Waals surface area contributed by atoms with Crippen LogP contribution in [0.15, 0.2) is 48.8 Å². The van der Waals surface area contributed by atoms with Gasteiger partial charge >= 0.3 is 0 Å². The molecule has 1 aromatic carbocycles. The van der Waals surface area contributed by atoms with E-state index in [4.69, 9.17) is 11.6 Å². The van der Waals surface area contributed by atoms with E-state index in [0.717, 1.165) is 31.4 Å². The number of phenolic OH excluding ortho intramolecular Hbond substituents is 1. The van der Waals surface area contributed by atoms with Crippen LogP contribution in [0.3, 0.4) is 0 Å². The molecule has 1 aliphatic rings. The summed E-state index contributed by atoms with van der Waals surface area (Å²) in [5.74, 6) is -0.00955. The number of fused-ring (bicyclic) bond motifs is 1. The lowest BCUT2D eigenvalue weighted by Crippen LogP contribution is -2.20. The average molecular weight is 506 g/mol. The summed E-state index contributed by atoms with van der Waals surface area (Å²) < 4.78 is 14.1. The summed E-state index contributed by atoms with van der Waals surface area (Å²) in [5, 5.41) is 12.9. The number of carbonyl (C=O) groups is 1. The van der Waals surface area contributed by atoms with Crippen molar-refractivity contribution in [3.05, 3.63) is 65.2 Å². The first-order chi connectivity index (χ1) is 17.3. The van der Waals surface area contributed by atoms with Crippen LogP contribution in [0.2, 0.25) is 5.02 Å². The number of anilines is 3. The highest BCUT2D eigenvalue weighted by Gasteiger charge is 2.22. The van der Waals surface area contributed by atoms with Crippen LogP contribution in [-0.4, -0.2) is 38.9 Å². The van der Waals surface area contributed by atoms with Crippen LogP contribution in [0.1, 0.15) is 37.0 Å². The molecule has 1 saturated heterocycles. The van der Waals surface area contributed by atoms with Gasteiger partial charge in [0.05, 0.1) is 39.4 Å². The van der Waals surface area contributed by atoms with Gasteiger partial charge in [-0.3, -0.25) is 9.78 Å². The Morgan fingerprint density at radius 1 is 1.22 bits per heavy atom. The van der Waals surface area contributed by atoms with Gasteiger partial charge in [0, 0.05) is 24.8 Å². The average Bonchev–Trinajstić information content (AvgIpc) is 3.36. The number of pyridine rings is 3. The van der Waals surface area contributed by atoms with Crippen molar-refractivity contribution >= 4 is 45.6 Å². The normalized spacial score (nSPS) is 15.4. The number of hydrogen-bond donors (Lipinski definition) is 2. The summed E-state index contributed by atoms with van der Waals surface area (Å²) in [6.07, 6.45) is 5.59. The Balaban J connectivity index is 1.53. The number of benzene rings is 1. The molecule has 4 aromatic rings. The summed E-state index contributed by atoms with van der Waals surface area (Å²) in [5.41, 5.74) is 3.37. The topological polar surface area (TPSA) is 91.2 Å². The predicted octanol–water partition coefficient (Wildman–Crippen LogP) is 6.37. The van der Waals surface area contributed by atoms with Gasteiger partial charge in [0.25, 0.3) is 0 Å². The number of Topliss-reactive ketones (excluding diaryl/α,β-unsaturated/α-hetero) is 1. The van der Waals surface area contributed by atoms with Gasteiger partial charge < -0.3 is 15.3 Å². The lowest BCUT2D eigenvalue weighted by molar-refractivity contribution is 0.101. The summed E-state index contributed by atoms with van der Waals surface area (Å²) in [7, 11) is 0. The molecule has 0 spiro atoms. The van der Waals surface area contributed by atoms with E-state index in [1.807, 2.05) is 12.1 Å². The maximum Gasteiger partial charge on any atom is 0.170 e. The Morgan fingerprint density at radius 2 is 2.06 bits per heavy atom. The smallest absolute Gasteiger partial charge is 0.170 e. The highest BCUT2D eigenvalue weighted by molar-refractivity contribution is 6.32. The van der Waals surface area contributed by atoms with Crippen LogP contribution >= 0.6 is 11.6 Å². The van der Waals surface area contributed by atoms with E-state index in [2.05, 4.69) is 32.1 Å². The van der Waals surface area contributed by atoms with Crippen molar-refractivity contribution in [2.45, 2.75) is 26.7 Å². The minimum absolute atomic E-state index is 0.115. The fraction of sp³-hybridized carbons (Fsp3) is 0.259. The number of rotatable bonds is 6. The van der Waals surface area contributed by atoms with Gasteiger partial charge in [0.2, 0.25) is 0 Å². The zero-order valence-electron chi connectivity index (χ0n) is 19.9. The molecule has 1 atom stereocenters. The van der Waals surface area contributed by atoms with Crippen LogP contribution in [0.25, 0.3) is 22.3 Å². The molecule has 9 heteroatoms. The van der Waals surface area contributed by atoms with Crippen LogP contribution in [0.4, 0.5) is 21.6 Å². The second-order valence-corrected chi connectivity index (χ2v) is 9.40. The first-order valence-corrected chi connectivity index (χ1v) is 12.2. The minimum atomic E-state index is -0.845. The second-order valence-electron chi connectivity index (χ2n) is 8.99. The molecule has 3 aromatic heterocycles. The standard InChI is InChI=1S/C27H25ClFN5O2/c1-3-16-8-9-34(14-16)24-7-4-18(12-31-24)32-25-19(15(2)35)13-30-23-6-5-22(33-26(23)25)17-10-20(28)27(36)21(29)11-17/h4-7,10-13,16,36H,3,8-9,14H2,1-2H3,(H,30,32). The van der Waals surface area contributed by atoms with E-state index in [1.54, 1.807) is 18.3 Å². The molecule has 0 aliphatic carbocycles. The Morgan fingerprint density at radius 3 is 2.72 bits per heavy atom. The molecule has 0 bridgehead atoms. The van der Waals surface area contributed by atoms with Crippen molar-refractivity contribution in [1.82, 2.24) is 15.0 Å². The summed E-state index contributed by atoms with van der Waals surface area (Å²) >= 11 is 5.97. The molecule has 0 radical (unpaired) electrons. The second kappa shape index (κ2) is 9.70. The number of aromatic hydroxyl groups is 1. The number of aromatic nitrogens is 3. The molecular formula is C27H25ClFN5O2. The molecule has 1 unspecified atom stereocenters. The van der Waals surface area contributed by atoms with Gasteiger partial charge in [-0.05, 0) is 55.7 Å². The molecule has 2 N–H and O–H groups in total. The lowest BCUT2D eigenvalue weighted by Gasteiger charge is -2.18. The van der Waals surface area contributed by atoms with Crippen LogP contribution < -0.4 is 10.2 Å². The number of carbonyl (C=O) groups excluding carboxylic acids is 1. The third-order valence-corrected chi connectivity index (χ3v) is 6.90. The van der Waals surface area contributed by atoms with Crippen LogP contribution in [0.5, 0.6) is 5.75 Å². The number of halogens is 2. The van der Waals surface area contributed by atoms with Crippen molar-refractivity contribution in [2.24, 2.45) is 5.92 Å². The SMILES string of the molecule is CCC1CCN(c2ccc(Nc3c(C(C)=O)cnc4ccc(-c5cc(F)c(O)c(Cl)c5)nc34)cn2)C1. The summed E-state index contributed by atoms with van der Waals surface area (Å²) in [6, 6.07) is 9.92. The Labute approximate surface area is 213 Å². The first-order valence-electron chi connectivity index (χ1n) is 11.8. The zero-order valence-corrected chi connectivity index (χ0v) is 20.7. The predicted molar refractivity (Wildman–Crippen MR) is 140 cm³/mol. The van der Waals surface area contributed by atoms with Gasteiger partial charge in [-0.1, -0.05) is 24.9 Å². The van der Waals surface area contributed by atoms with Gasteiger partial charge in [-0.2, -0.15) is 0 Å². The molecule has 1 fully saturated rings. The Kier molecular flexibility index (Phi) is 6.45. The first kappa shape index (κ1) is 23.9. The summed E-state index contributed by atoms with van der Waals surface area (Å²) in [4.78, 5) is 28.4. The zero-order chi connectivity index (χ0) is 25.4. The Bertz CT molecular complexity index is 1440. The number of nitrogens with zero attached hydrogens (tertiary/aromatic N) is 4. The number of hydrogen-bond acceptors (Lipinski definition) is 7. The largest absolute Gasteiger partial charge is 0.504 e. The molecule has 5 rings (SSSR count). The monoisotopic (exact) mass is 505 g/mol. The number of nitrogens with one attached hydrogen (secondary N) is 1. The van der Waals surface area contributed by atoms with Crippen LogP contribution in [-0.2, 0) is 0 Å². The molecular weight excluding hydrogens is 481 g/mol. The fourth-order valence-electron chi connectivity index (χ4n) is 4.50. The van der Waals surface area contributed by atoms with E-state index >= 15 is 0 Å². The van der Waals surface area contributed by atoms with Crippen molar-refractivity contribution in [1.29, 1.82) is 0 Å². The van der Waals surface area contributed by atoms with E-state index in [0.29, 0.717) is 45.1 Å². The third-order valence-electron chi connectivity index (χ3n) is 6.61. The number of ketones is 1. The molecule has 1 aliphatic heterocycles. The van der Waals surface area contributed by atoms with Crippen molar-refractivity contribution in [3.8, 4) is 17.0 Å². The highest BCUT2D eigenvalue weighted by atomic mass is 35.5. The number of phenols is 1. The highest BCUT2D eigenvalue weighted by Crippen LogP contribution is 2.34. The van der Waals surface area contributed by atoms with Gasteiger partial charge in [-0.25, -0.2) is 14.4 Å². The minimum Gasteiger partial charge on any atom is -0.504 e. The molecule has 4 heterocycles. The van der Waals surface area contributed by atoms with E-state index in [1.165, 1.54) is 25.6 Å². The fourth-order valence-corrected chi connectivity index (χ4v) is 4.71. The molecule has 0 saturated carbocycles. The van der Waals surface area contributed by atoms with Crippen molar-refractivity contribution < 1.29 is 14.3 Å². The van der Waals surface area contributed by atoms with Gasteiger partial charge in [0.1, 0.15) is 11.3 Å². The molecule has 7 nitrogen and oxygen atoms in total. The van der Waals surface area contributed by atoms with E-state index in [9.17, 15) is 14.3 Å². The van der Waals surface area contributed by atoms with Crippen molar-refractivity contribution in [2.75, 3.05) is 23.3 Å². The van der Waals surface area contributed by atoms with Crippen LogP contribution in [0, 0.1) is 11.7 Å². The maximum absolute atomic E-state index is 14.1. The van der Waals surface area contributed by atoms with Crippen molar-refractivity contribution in [3.63, 3.8) is 0 Å². The molecule has 36 heavy (non-hydrogen) atoms. The third kappa shape index (κ3) is 4.56. The lowest BCUT2D eigenvalue weighted by atomic mass is 10.1. The quantitative estimate of drug-likeness (QED) is 0.294.